The van der Waals surface area contributed by atoms with Crippen LogP contribution in [0.15, 0.2) is 30.3 Å². The summed E-state index contributed by atoms with van der Waals surface area (Å²) in [5.41, 5.74) is 0.521. The molecule has 3 nitrogen and oxygen atoms in total. The highest BCUT2D eigenvalue weighted by Gasteiger charge is 2.68. The minimum atomic E-state index is -0.386. The van der Waals surface area contributed by atoms with Gasteiger partial charge in [0.05, 0.1) is 0 Å². The van der Waals surface area contributed by atoms with E-state index in [0.29, 0.717) is 0 Å². The van der Waals surface area contributed by atoms with E-state index in [0.717, 1.165) is 25.9 Å². The van der Waals surface area contributed by atoms with E-state index in [4.69, 9.17) is 4.74 Å². The van der Waals surface area contributed by atoms with Gasteiger partial charge >= 0.3 is 5.97 Å². The number of esters is 1. The van der Waals surface area contributed by atoms with Gasteiger partial charge < -0.3 is 4.74 Å². The van der Waals surface area contributed by atoms with Crippen molar-refractivity contribution in [1.29, 1.82) is 0 Å². The van der Waals surface area contributed by atoms with Crippen molar-refractivity contribution in [1.82, 2.24) is 4.90 Å². The maximum atomic E-state index is 12.0. The third-order valence-electron chi connectivity index (χ3n) is 4.40. The first kappa shape index (κ1) is 11.7. The Morgan fingerprint density at radius 2 is 2.00 bits per heavy atom. The number of likely N-dealkylation sites (tertiary alicyclic amines) is 1. The van der Waals surface area contributed by atoms with Gasteiger partial charge in [0, 0.05) is 6.54 Å². The lowest BCUT2D eigenvalue weighted by Crippen LogP contribution is -2.74. The molecule has 1 aromatic carbocycles. The van der Waals surface area contributed by atoms with Crippen molar-refractivity contribution in [2.75, 3.05) is 6.54 Å². The Hall–Kier alpha value is -1.35. The number of ether oxygens (including phenoxy) is 1. The van der Waals surface area contributed by atoms with Gasteiger partial charge in [-0.05, 0) is 38.8 Å². The molecule has 0 radical (unpaired) electrons. The van der Waals surface area contributed by atoms with Gasteiger partial charge in [0.2, 0.25) is 0 Å². The Morgan fingerprint density at radius 1 is 1.28 bits per heavy atom. The predicted octanol–water partition coefficient (Wildman–Crippen LogP) is 2.36. The Morgan fingerprint density at radius 3 is 2.61 bits per heavy atom. The fourth-order valence-electron chi connectivity index (χ4n) is 3.41. The summed E-state index contributed by atoms with van der Waals surface area (Å²) in [6, 6.07) is 10.3. The standard InChI is InChI=1S/C15H19NO2/c1-14(2)15(13(17)18-14)9-6-10-16(15)11-12-7-4-3-5-8-12/h3-5,7-8H,6,9-11H2,1-2H3. The SMILES string of the molecule is CC1(C)OC(=O)C12CCCN2Cc1ccccc1. The first-order chi connectivity index (χ1) is 8.56. The molecule has 0 aromatic heterocycles. The minimum Gasteiger partial charge on any atom is -0.456 e. The number of cyclic esters (lactones) is 1. The zero-order chi connectivity index (χ0) is 12.8. The van der Waals surface area contributed by atoms with Gasteiger partial charge in [0.1, 0.15) is 5.60 Å². The van der Waals surface area contributed by atoms with Crippen LogP contribution in [0.25, 0.3) is 0 Å². The average Bonchev–Trinajstić information content (AvgIpc) is 2.77. The van der Waals surface area contributed by atoms with Crippen LogP contribution in [0.5, 0.6) is 0 Å². The average molecular weight is 245 g/mol. The molecule has 2 aliphatic heterocycles. The van der Waals surface area contributed by atoms with Crippen molar-refractivity contribution < 1.29 is 9.53 Å². The smallest absolute Gasteiger partial charge is 0.331 e. The van der Waals surface area contributed by atoms with Crippen molar-refractivity contribution in [2.45, 2.75) is 44.4 Å². The molecular weight excluding hydrogens is 226 g/mol. The molecule has 0 aliphatic carbocycles. The number of carbonyl (C=O) groups excluding carboxylic acids is 1. The van der Waals surface area contributed by atoms with E-state index in [-0.39, 0.29) is 17.1 Å². The first-order valence-electron chi connectivity index (χ1n) is 6.59. The molecule has 96 valence electrons. The van der Waals surface area contributed by atoms with Crippen molar-refractivity contribution in [2.24, 2.45) is 0 Å². The van der Waals surface area contributed by atoms with Crippen LogP contribution >= 0.6 is 0 Å². The normalized spacial score (nSPS) is 30.2. The lowest BCUT2D eigenvalue weighted by atomic mass is 9.74. The monoisotopic (exact) mass is 245 g/mol. The first-order valence-corrected chi connectivity index (χ1v) is 6.59. The second kappa shape index (κ2) is 3.82. The summed E-state index contributed by atoms with van der Waals surface area (Å²) in [6.45, 7) is 5.86. The van der Waals surface area contributed by atoms with Crippen LogP contribution in [0, 0.1) is 0 Å². The van der Waals surface area contributed by atoms with Gasteiger partial charge in [0.25, 0.3) is 0 Å². The Bertz CT molecular complexity index is 469. The van der Waals surface area contributed by atoms with E-state index < -0.39 is 0 Å². The molecule has 18 heavy (non-hydrogen) atoms. The highest BCUT2D eigenvalue weighted by molar-refractivity contribution is 5.89. The zero-order valence-electron chi connectivity index (χ0n) is 11.0. The molecule has 0 amide bonds. The lowest BCUT2D eigenvalue weighted by Gasteiger charge is -2.55. The van der Waals surface area contributed by atoms with Gasteiger partial charge in [-0.1, -0.05) is 30.3 Å². The number of carbonyl (C=O) groups is 1. The van der Waals surface area contributed by atoms with Gasteiger partial charge in [-0.3, -0.25) is 4.90 Å². The molecule has 3 heteroatoms. The summed E-state index contributed by atoms with van der Waals surface area (Å²) >= 11 is 0. The largest absolute Gasteiger partial charge is 0.456 e. The predicted molar refractivity (Wildman–Crippen MR) is 69.0 cm³/mol. The molecule has 1 unspecified atom stereocenters. The van der Waals surface area contributed by atoms with E-state index in [1.165, 1.54) is 5.56 Å². The molecule has 3 rings (SSSR count). The molecule has 0 saturated carbocycles. The van der Waals surface area contributed by atoms with Gasteiger partial charge in [-0.15, -0.1) is 0 Å². The van der Waals surface area contributed by atoms with Crippen LogP contribution in [-0.2, 0) is 16.1 Å². The van der Waals surface area contributed by atoms with Crippen molar-refractivity contribution in [3.8, 4) is 0 Å². The van der Waals surface area contributed by atoms with E-state index in [1.807, 2.05) is 32.0 Å². The van der Waals surface area contributed by atoms with Crippen LogP contribution in [0.3, 0.4) is 0 Å². The second-order valence-electron chi connectivity index (χ2n) is 5.77. The van der Waals surface area contributed by atoms with Crippen LogP contribution in [0.4, 0.5) is 0 Å². The Balaban J connectivity index is 1.86. The molecular formula is C15H19NO2. The topological polar surface area (TPSA) is 29.5 Å². The quantitative estimate of drug-likeness (QED) is 0.749. The van der Waals surface area contributed by atoms with Gasteiger partial charge in [0.15, 0.2) is 5.54 Å². The van der Waals surface area contributed by atoms with E-state index in [2.05, 4.69) is 17.0 Å². The number of nitrogens with zero attached hydrogens (tertiary/aromatic N) is 1. The van der Waals surface area contributed by atoms with Crippen molar-refractivity contribution in [3.05, 3.63) is 35.9 Å². The van der Waals surface area contributed by atoms with Crippen LogP contribution < -0.4 is 0 Å². The van der Waals surface area contributed by atoms with E-state index in [1.54, 1.807) is 0 Å². The molecule has 0 N–H and O–H groups in total. The Kier molecular flexibility index (Phi) is 2.49. The molecule has 2 saturated heterocycles. The number of hydrogen-bond acceptors (Lipinski definition) is 3. The fourth-order valence-corrected chi connectivity index (χ4v) is 3.41. The molecule has 0 bridgehead atoms. The summed E-state index contributed by atoms with van der Waals surface area (Å²) in [7, 11) is 0. The van der Waals surface area contributed by atoms with Crippen LogP contribution in [0.1, 0.15) is 32.3 Å². The van der Waals surface area contributed by atoms with E-state index >= 15 is 0 Å². The minimum absolute atomic E-state index is 0.0408. The summed E-state index contributed by atoms with van der Waals surface area (Å²) in [6.07, 6.45) is 2.00. The molecule has 2 aliphatic rings. The molecule has 1 atom stereocenters. The lowest BCUT2D eigenvalue weighted by molar-refractivity contribution is -0.233. The number of rotatable bonds is 2. The number of benzene rings is 1. The van der Waals surface area contributed by atoms with Crippen molar-refractivity contribution in [3.63, 3.8) is 0 Å². The highest BCUT2D eigenvalue weighted by atomic mass is 16.6. The highest BCUT2D eigenvalue weighted by Crippen LogP contribution is 2.49. The van der Waals surface area contributed by atoms with Crippen LogP contribution in [-0.4, -0.2) is 28.6 Å². The van der Waals surface area contributed by atoms with Crippen LogP contribution in [0.2, 0.25) is 0 Å². The fraction of sp³-hybridized carbons (Fsp3) is 0.533. The summed E-state index contributed by atoms with van der Waals surface area (Å²) in [5.74, 6) is -0.0408. The molecule has 2 heterocycles. The summed E-state index contributed by atoms with van der Waals surface area (Å²) < 4.78 is 5.35. The summed E-state index contributed by atoms with van der Waals surface area (Å²) in [5, 5.41) is 0. The molecule has 1 spiro atoms. The van der Waals surface area contributed by atoms with Gasteiger partial charge in [-0.25, -0.2) is 4.79 Å². The third-order valence-corrected chi connectivity index (χ3v) is 4.40. The zero-order valence-corrected chi connectivity index (χ0v) is 11.0. The second-order valence-corrected chi connectivity index (χ2v) is 5.77. The maximum absolute atomic E-state index is 12.0. The number of hydrogen-bond donors (Lipinski definition) is 0. The molecule has 2 fully saturated rings. The maximum Gasteiger partial charge on any atom is 0.331 e. The summed E-state index contributed by atoms with van der Waals surface area (Å²) in [4.78, 5) is 14.3. The van der Waals surface area contributed by atoms with Crippen molar-refractivity contribution >= 4 is 5.97 Å². The van der Waals surface area contributed by atoms with Gasteiger partial charge in [-0.2, -0.15) is 0 Å². The molecule has 1 aromatic rings. The Labute approximate surface area is 108 Å². The third kappa shape index (κ3) is 1.43. The van der Waals surface area contributed by atoms with E-state index in [9.17, 15) is 4.79 Å².